The molecule has 0 spiro atoms. The number of hydrogen-bond acceptors (Lipinski definition) is 8. The van der Waals surface area contributed by atoms with E-state index in [4.69, 9.17) is 14.6 Å². The summed E-state index contributed by atoms with van der Waals surface area (Å²) < 4.78 is 11.2. The lowest BCUT2D eigenvalue weighted by molar-refractivity contribution is -0.00689. The predicted molar refractivity (Wildman–Crippen MR) is 112 cm³/mol. The average molecular weight is 427 g/mol. The van der Waals surface area contributed by atoms with E-state index in [2.05, 4.69) is 25.8 Å². The minimum atomic E-state index is -0.445. The van der Waals surface area contributed by atoms with Gasteiger partial charge in [0.15, 0.2) is 5.76 Å². The van der Waals surface area contributed by atoms with E-state index >= 15 is 0 Å². The Labute approximate surface area is 177 Å². The first-order chi connectivity index (χ1) is 14.6. The van der Waals surface area contributed by atoms with E-state index in [1.54, 1.807) is 42.3 Å². The highest BCUT2D eigenvalue weighted by Gasteiger charge is 2.29. The van der Waals surface area contributed by atoms with E-state index in [1.165, 1.54) is 11.3 Å². The van der Waals surface area contributed by atoms with Crippen LogP contribution in [0, 0.1) is 5.41 Å². The molecular formula is C20H22N6O3S. The number of hydrogen-bond donors (Lipinski definition) is 4. The second-order valence-corrected chi connectivity index (χ2v) is 7.68. The Hall–Kier alpha value is -3.24. The van der Waals surface area contributed by atoms with Crippen LogP contribution in [0.3, 0.4) is 0 Å². The largest absolute Gasteiger partial charge is 0.451 e. The van der Waals surface area contributed by atoms with Gasteiger partial charge in [0.05, 0.1) is 23.6 Å². The molecule has 0 aromatic carbocycles. The number of carbonyl (C=O) groups excluding carboxylic acids is 1. The summed E-state index contributed by atoms with van der Waals surface area (Å²) in [4.78, 5) is 16.9. The fourth-order valence-electron chi connectivity index (χ4n) is 3.09. The summed E-state index contributed by atoms with van der Waals surface area (Å²) in [6, 6.07) is 3.54. The maximum Gasteiger partial charge on any atom is 0.291 e. The first kappa shape index (κ1) is 20.0. The Morgan fingerprint density at radius 1 is 1.47 bits per heavy atom. The molecule has 4 rings (SSSR count). The predicted octanol–water partition coefficient (Wildman–Crippen LogP) is 2.92. The minimum Gasteiger partial charge on any atom is -0.451 e. The molecule has 0 bridgehead atoms. The van der Waals surface area contributed by atoms with Crippen molar-refractivity contribution in [2.75, 3.05) is 6.61 Å². The van der Waals surface area contributed by atoms with Crippen LogP contribution in [0.15, 0.2) is 52.4 Å². The molecule has 3 heterocycles. The van der Waals surface area contributed by atoms with Crippen molar-refractivity contribution in [3.05, 3.63) is 58.8 Å². The van der Waals surface area contributed by atoms with Gasteiger partial charge >= 0.3 is 0 Å². The standard InChI is InChI=1S/C20H22N6O3S/c1-2-28-14-7-13(8-14)23-11-15(18(21)20-22-5-6-30-20)26-19(27)17-4-3-16(29-17)12-9-24-25-10-12/h3-6,9-11,13-14,21,23H,2,7-8H2,1H3,(H,24,25)(H,26,27)/b15-11+,21-18?. The van der Waals surface area contributed by atoms with E-state index < -0.39 is 5.91 Å². The molecule has 1 fully saturated rings. The van der Waals surface area contributed by atoms with Crippen LogP contribution in [0.1, 0.15) is 35.3 Å². The summed E-state index contributed by atoms with van der Waals surface area (Å²) in [5.74, 6) is 0.230. The summed E-state index contributed by atoms with van der Waals surface area (Å²) in [7, 11) is 0. The highest BCUT2D eigenvalue weighted by molar-refractivity contribution is 7.11. The molecular weight excluding hydrogens is 404 g/mol. The molecule has 1 amide bonds. The van der Waals surface area contributed by atoms with Crippen LogP contribution >= 0.6 is 11.3 Å². The maximum atomic E-state index is 12.7. The molecule has 3 aromatic heterocycles. The van der Waals surface area contributed by atoms with Crippen molar-refractivity contribution in [3.63, 3.8) is 0 Å². The molecule has 0 unspecified atom stereocenters. The fourth-order valence-corrected chi connectivity index (χ4v) is 3.69. The van der Waals surface area contributed by atoms with Crippen LogP contribution in [0.5, 0.6) is 0 Å². The smallest absolute Gasteiger partial charge is 0.291 e. The third-order valence-electron chi connectivity index (χ3n) is 4.74. The lowest BCUT2D eigenvalue weighted by Gasteiger charge is -2.35. The number of nitrogens with one attached hydrogen (secondary N) is 4. The quantitative estimate of drug-likeness (QED) is 0.389. The van der Waals surface area contributed by atoms with E-state index in [9.17, 15) is 4.79 Å². The van der Waals surface area contributed by atoms with Gasteiger partial charge in [-0.2, -0.15) is 5.10 Å². The van der Waals surface area contributed by atoms with Gasteiger partial charge in [0.1, 0.15) is 16.5 Å². The van der Waals surface area contributed by atoms with Gasteiger partial charge in [0.25, 0.3) is 5.91 Å². The molecule has 10 heteroatoms. The number of H-pyrrole nitrogens is 1. The van der Waals surface area contributed by atoms with E-state index in [0.29, 0.717) is 23.1 Å². The molecule has 0 saturated heterocycles. The number of amides is 1. The maximum absolute atomic E-state index is 12.7. The van der Waals surface area contributed by atoms with Crippen LogP contribution in [-0.4, -0.2) is 45.6 Å². The number of ether oxygens (including phenoxy) is 1. The highest BCUT2D eigenvalue weighted by atomic mass is 32.1. The zero-order chi connectivity index (χ0) is 20.9. The van der Waals surface area contributed by atoms with Crippen molar-refractivity contribution in [2.45, 2.75) is 31.9 Å². The number of carbonyl (C=O) groups is 1. The van der Waals surface area contributed by atoms with Crippen LogP contribution in [0.2, 0.25) is 0 Å². The molecule has 1 aliphatic rings. The van der Waals surface area contributed by atoms with Crippen molar-refractivity contribution in [1.29, 1.82) is 5.41 Å². The number of aromatic nitrogens is 3. The highest BCUT2D eigenvalue weighted by Crippen LogP contribution is 2.24. The Bertz CT molecular complexity index is 1020. The van der Waals surface area contributed by atoms with E-state index in [0.717, 1.165) is 18.4 Å². The molecule has 0 aliphatic heterocycles. The summed E-state index contributed by atoms with van der Waals surface area (Å²) in [5.41, 5.74) is 1.21. The van der Waals surface area contributed by atoms with Gasteiger partial charge in [-0.1, -0.05) is 0 Å². The molecule has 156 valence electrons. The zero-order valence-corrected chi connectivity index (χ0v) is 17.2. The lowest BCUT2D eigenvalue weighted by atomic mass is 9.89. The number of allylic oxidation sites excluding steroid dienone is 1. The first-order valence-electron chi connectivity index (χ1n) is 9.61. The Morgan fingerprint density at radius 3 is 3.03 bits per heavy atom. The van der Waals surface area contributed by atoms with Crippen molar-refractivity contribution < 1.29 is 13.9 Å². The second kappa shape index (κ2) is 9.06. The van der Waals surface area contributed by atoms with E-state index in [1.807, 2.05) is 6.92 Å². The van der Waals surface area contributed by atoms with Crippen LogP contribution in [0.4, 0.5) is 0 Å². The summed E-state index contributed by atoms with van der Waals surface area (Å²) >= 11 is 1.34. The van der Waals surface area contributed by atoms with Crippen molar-refractivity contribution in [1.82, 2.24) is 25.8 Å². The van der Waals surface area contributed by atoms with Gasteiger partial charge in [-0.25, -0.2) is 4.98 Å². The molecule has 0 radical (unpaired) electrons. The fraction of sp³-hybridized carbons (Fsp3) is 0.300. The summed E-state index contributed by atoms with van der Waals surface area (Å²) in [6.45, 7) is 2.68. The summed E-state index contributed by atoms with van der Waals surface area (Å²) in [5, 5.41) is 23.4. The van der Waals surface area contributed by atoms with Crippen molar-refractivity contribution >= 4 is 23.0 Å². The molecule has 1 saturated carbocycles. The third-order valence-corrected chi connectivity index (χ3v) is 5.53. The second-order valence-electron chi connectivity index (χ2n) is 6.79. The van der Waals surface area contributed by atoms with Crippen molar-refractivity contribution in [3.8, 4) is 11.3 Å². The van der Waals surface area contributed by atoms with Gasteiger partial charge in [-0.3, -0.25) is 15.3 Å². The SMILES string of the molecule is CCOC1CC(N/C=C(/NC(=O)c2ccc(-c3cn[nH]c3)o2)C(=N)c2nccs2)C1. The molecule has 30 heavy (non-hydrogen) atoms. The normalized spacial score (nSPS) is 18.6. The van der Waals surface area contributed by atoms with Gasteiger partial charge in [0, 0.05) is 36.6 Å². The molecule has 0 atom stereocenters. The summed E-state index contributed by atoms with van der Waals surface area (Å²) in [6.07, 6.45) is 8.63. The molecule has 1 aliphatic carbocycles. The number of nitrogens with zero attached hydrogens (tertiary/aromatic N) is 2. The third kappa shape index (κ3) is 4.50. The van der Waals surface area contributed by atoms with Gasteiger partial charge < -0.3 is 19.8 Å². The molecule has 3 aromatic rings. The van der Waals surface area contributed by atoms with Crippen molar-refractivity contribution in [2.24, 2.45) is 0 Å². The Balaban J connectivity index is 1.46. The van der Waals surface area contributed by atoms with Gasteiger partial charge in [0.2, 0.25) is 0 Å². The van der Waals surface area contributed by atoms with Gasteiger partial charge in [-0.15, -0.1) is 11.3 Å². The number of thiazole rings is 1. The number of aromatic amines is 1. The topological polar surface area (TPSA) is 129 Å². The number of furan rings is 1. The Morgan fingerprint density at radius 2 is 2.33 bits per heavy atom. The minimum absolute atomic E-state index is 0.133. The molecule has 9 nitrogen and oxygen atoms in total. The molecule has 4 N–H and O–H groups in total. The average Bonchev–Trinajstić information content (AvgIpc) is 3.49. The first-order valence-corrected chi connectivity index (χ1v) is 10.5. The lowest BCUT2D eigenvalue weighted by Crippen LogP contribution is -2.44. The zero-order valence-electron chi connectivity index (χ0n) is 16.3. The van der Waals surface area contributed by atoms with Crippen LogP contribution < -0.4 is 10.6 Å². The Kier molecular flexibility index (Phi) is 6.05. The van der Waals surface area contributed by atoms with E-state index in [-0.39, 0.29) is 23.6 Å². The van der Waals surface area contributed by atoms with Crippen LogP contribution in [-0.2, 0) is 4.74 Å². The monoisotopic (exact) mass is 426 g/mol. The van der Waals surface area contributed by atoms with Gasteiger partial charge in [-0.05, 0) is 31.9 Å². The number of rotatable bonds is 9. The van der Waals surface area contributed by atoms with Crippen LogP contribution in [0.25, 0.3) is 11.3 Å².